The van der Waals surface area contributed by atoms with Crippen molar-refractivity contribution in [2.45, 2.75) is 25.2 Å². The third-order valence-corrected chi connectivity index (χ3v) is 5.50. The highest BCUT2D eigenvalue weighted by Crippen LogP contribution is 2.40. The van der Waals surface area contributed by atoms with Gasteiger partial charge in [0.15, 0.2) is 0 Å². The molecule has 3 nitrogen and oxygen atoms in total. The van der Waals surface area contributed by atoms with Crippen molar-refractivity contribution in [2.24, 2.45) is 0 Å². The Morgan fingerprint density at radius 2 is 2.30 bits per heavy atom. The predicted octanol–water partition coefficient (Wildman–Crippen LogP) is 4.73. The monoisotopic (exact) mass is 371 g/mol. The Morgan fingerprint density at radius 3 is 3.05 bits per heavy atom. The van der Waals surface area contributed by atoms with Gasteiger partial charge in [0.05, 0.1) is 11.6 Å². The lowest BCUT2D eigenvalue weighted by Crippen LogP contribution is -2.17. The number of rotatable bonds is 2. The van der Waals surface area contributed by atoms with Gasteiger partial charge in [-0.15, -0.1) is 11.3 Å². The van der Waals surface area contributed by atoms with Crippen molar-refractivity contribution < 1.29 is 9.90 Å². The smallest absolute Gasteiger partial charge is 0.312 e. The van der Waals surface area contributed by atoms with E-state index in [0.29, 0.717) is 11.4 Å². The largest absolute Gasteiger partial charge is 0.481 e. The summed E-state index contributed by atoms with van der Waals surface area (Å²) in [7, 11) is 0. The summed E-state index contributed by atoms with van der Waals surface area (Å²) in [5.74, 6) is -1.25. The number of carboxylic acids is 1. The summed E-state index contributed by atoms with van der Waals surface area (Å²) in [6.45, 7) is 0. The lowest BCUT2D eigenvalue weighted by molar-refractivity contribution is -0.139. The first kappa shape index (κ1) is 14.0. The Labute approximate surface area is 133 Å². The molecule has 0 fully saturated rings. The number of aryl methyl sites for hydroxylation is 1. The van der Waals surface area contributed by atoms with Gasteiger partial charge >= 0.3 is 5.97 Å². The molecule has 1 aliphatic rings. The number of aliphatic carboxylic acids is 1. The molecule has 20 heavy (non-hydrogen) atoms. The average Bonchev–Trinajstić information content (AvgIpc) is 2.84. The van der Waals surface area contributed by atoms with Crippen molar-refractivity contribution in [3.05, 3.63) is 38.3 Å². The van der Waals surface area contributed by atoms with Crippen molar-refractivity contribution in [3.8, 4) is 10.6 Å². The number of fused-ring (bicyclic) bond motifs is 1. The fourth-order valence-corrected chi connectivity index (χ4v) is 4.37. The molecule has 0 radical (unpaired) electrons. The molecule has 1 aliphatic carbocycles. The number of nitrogens with zero attached hydrogens (tertiary/aromatic N) is 1. The van der Waals surface area contributed by atoms with E-state index >= 15 is 0 Å². The van der Waals surface area contributed by atoms with E-state index in [1.165, 1.54) is 0 Å². The van der Waals surface area contributed by atoms with Gasteiger partial charge in [-0.05, 0) is 37.5 Å². The Hall–Kier alpha value is -0.910. The average molecular weight is 373 g/mol. The molecule has 2 aromatic rings. The van der Waals surface area contributed by atoms with E-state index in [4.69, 9.17) is 11.6 Å². The summed E-state index contributed by atoms with van der Waals surface area (Å²) in [6.07, 6.45) is 2.49. The van der Waals surface area contributed by atoms with Crippen LogP contribution in [0, 0.1) is 0 Å². The van der Waals surface area contributed by atoms with Crippen LogP contribution in [0.5, 0.6) is 0 Å². The summed E-state index contributed by atoms with van der Waals surface area (Å²) < 4.78 is 0.917. The summed E-state index contributed by atoms with van der Waals surface area (Å²) in [6, 6.07) is 5.54. The van der Waals surface area contributed by atoms with Crippen LogP contribution in [-0.4, -0.2) is 16.1 Å². The number of thiazole rings is 1. The second-order valence-corrected chi connectivity index (χ2v) is 7.11. The summed E-state index contributed by atoms with van der Waals surface area (Å²) in [4.78, 5) is 17.0. The molecule has 1 unspecified atom stereocenters. The lowest BCUT2D eigenvalue weighted by Gasteiger charge is -2.16. The molecule has 0 spiro atoms. The molecular formula is C14H11BrClNO2S. The zero-order valence-corrected chi connectivity index (χ0v) is 13.6. The molecule has 0 saturated carbocycles. The predicted molar refractivity (Wildman–Crippen MR) is 83.6 cm³/mol. The Bertz CT molecular complexity index is 686. The number of halogens is 2. The summed E-state index contributed by atoms with van der Waals surface area (Å²) in [5, 5.41) is 10.8. The van der Waals surface area contributed by atoms with Gasteiger partial charge in [0.25, 0.3) is 0 Å². The minimum atomic E-state index is -0.784. The van der Waals surface area contributed by atoms with Crippen molar-refractivity contribution in [3.63, 3.8) is 0 Å². The van der Waals surface area contributed by atoms with Crippen LogP contribution < -0.4 is 0 Å². The van der Waals surface area contributed by atoms with Crippen LogP contribution in [0.4, 0.5) is 0 Å². The zero-order chi connectivity index (χ0) is 14.3. The third kappa shape index (κ3) is 2.50. The molecule has 1 heterocycles. The van der Waals surface area contributed by atoms with Crippen LogP contribution in [0.1, 0.15) is 29.3 Å². The Kier molecular flexibility index (Phi) is 3.84. The molecule has 0 bridgehead atoms. The van der Waals surface area contributed by atoms with Gasteiger partial charge in [-0.1, -0.05) is 27.5 Å². The molecule has 0 saturated heterocycles. The maximum absolute atomic E-state index is 11.3. The number of benzene rings is 1. The van der Waals surface area contributed by atoms with Gasteiger partial charge < -0.3 is 5.11 Å². The molecule has 0 aliphatic heterocycles. The van der Waals surface area contributed by atoms with E-state index in [2.05, 4.69) is 20.9 Å². The Morgan fingerprint density at radius 1 is 1.50 bits per heavy atom. The Balaban J connectivity index is 2.09. The van der Waals surface area contributed by atoms with Gasteiger partial charge in [0, 0.05) is 19.9 Å². The highest BCUT2D eigenvalue weighted by Gasteiger charge is 2.30. The molecule has 0 amide bonds. The maximum Gasteiger partial charge on any atom is 0.312 e. The van der Waals surface area contributed by atoms with E-state index in [0.717, 1.165) is 38.5 Å². The van der Waals surface area contributed by atoms with Crippen LogP contribution in [0.15, 0.2) is 22.7 Å². The highest BCUT2D eigenvalue weighted by atomic mass is 79.9. The minimum Gasteiger partial charge on any atom is -0.481 e. The standard InChI is InChI=1S/C14H11BrClNO2S/c15-10-5-4-7(16)6-9(10)13-17-12-8(14(18)19)2-1-3-11(12)20-13/h4-6,8H,1-3H2,(H,18,19). The second kappa shape index (κ2) is 5.47. The molecule has 1 N–H and O–H groups in total. The normalized spacial score (nSPS) is 17.8. The maximum atomic E-state index is 11.3. The van der Waals surface area contributed by atoms with Crippen LogP contribution >= 0.6 is 38.9 Å². The van der Waals surface area contributed by atoms with E-state index in [1.54, 1.807) is 11.3 Å². The van der Waals surface area contributed by atoms with Crippen LogP contribution in [-0.2, 0) is 11.2 Å². The van der Waals surface area contributed by atoms with Gasteiger partial charge in [-0.25, -0.2) is 4.98 Å². The van der Waals surface area contributed by atoms with E-state index in [-0.39, 0.29) is 0 Å². The van der Waals surface area contributed by atoms with Crippen LogP contribution in [0.2, 0.25) is 5.02 Å². The number of carbonyl (C=O) groups is 1. The van der Waals surface area contributed by atoms with Gasteiger partial charge in [-0.3, -0.25) is 4.79 Å². The van der Waals surface area contributed by atoms with Crippen molar-refractivity contribution in [1.82, 2.24) is 4.98 Å². The molecule has 104 valence electrons. The third-order valence-electron chi connectivity index (χ3n) is 3.41. The number of hydrogen-bond acceptors (Lipinski definition) is 3. The molecule has 1 aromatic heterocycles. The zero-order valence-electron chi connectivity index (χ0n) is 10.4. The SMILES string of the molecule is O=C(O)C1CCCc2sc(-c3cc(Cl)ccc3Br)nc21. The number of hydrogen-bond donors (Lipinski definition) is 1. The van der Waals surface area contributed by atoms with Crippen molar-refractivity contribution in [1.29, 1.82) is 0 Å². The van der Waals surface area contributed by atoms with Gasteiger partial charge in [0.2, 0.25) is 0 Å². The lowest BCUT2D eigenvalue weighted by atomic mass is 9.91. The first-order chi connectivity index (χ1) is 9.56. The fourth-order valence-electron chi connectivity index (χ4n) is 2.44. The van der Waals surface area contributed by atoms with Gasteiger partial charge in [0.1, 0.15) is 5.01 Å². The van der Waals surface area contributed by atoms with Gasteiger partial charge in [-0.2, -0.15) is 0 Å². The molecule has 6 heteroatoms. The molecular weight excluding hydrogens is 362 g/mol. The number of carboxylic acid groups (broad SMARTS) is 1. The minimum absolute atomic E-state index is 0.471. The van der Waals surface area contributed by atoms with Crippen molar-refractivity contribution >= 4 is 44.8 Å². The first-order valence-corrected chi connectivity index (χ1v) is 8.23. The van der Waals surface area contributed by atoms with Crippen molar-refractivity contribution in [2.75, 3.05) is 0 Å². The highest BCUT2D eigenvalue weighted by molar-refractivity contribution is 9.10. The van der Waals surface area contributed by atoms with Crippen LogP contribution in [0.25, 0.3) is 10.6 Å². The van der Waals surface area contributed by atoms with E-state index in [1.807, 2.05) is 18.2 Å². The molecule has 3 rings (SSSR count). The topological polar surface area (TPSA) is 50.2 Å². The van der Waals surface area contributed by atoms with Crippen LogP contribution in [0.3, 0.4) is 0 Å². The molecule has 1 atom stereocenters. The quantitative estimate of drug-likeness (QED) is 0.829. The van der Waals surface area contributed by atoms with E-state index < -0.39 is 11.9 Å². The number of aromatic nitrogens is 1. The fraction of sp³-hybridized carbons (Fsp3) is 0.286. The van der Waals surface area contributed by atoms with E-state index in [9.17, 15) is 9.90 Å². The summed E-state index contributed by atoms with van der Waals surface area (Å²) in [5.41, 5.74) is 1.65. The second-order valence-electron chi connectivity index (χ2n) is 4.73. The molecule has 1 aromatic carbocycles. The summed E-state index contributed by atoms with van der Waals surface area (Å²) >= 11 is 11.1. The first-order valence-electron chi connectivity index (χ1n) is 6.24.